The number of hydrogen-bond donors (Lipinski definition) is 2. The molecule has 1 unspecified atom stereocenters. The Kier molecular flexibility index (Phi) is 5.68. The van der Waals surface area contributed by atoms with Gasteiger partial charge >= 0.3 is 6.03 Å². The van der Waals surface area contributed by atoms with Crippen LogP contribution in [-0.4, -0.2) is 29.3 Å². The summed E-state index contributed by atoms with van der Waals surface area (Å²) in [6.45, 7) is 5.21. The molecule has 2 aromatic carbocycles. The van der Waals surface area contributed by atoms with E-state index in [9.17, 15) is 18.8 Å². The van der Waals surface area contributed by atoms with Gasteiger partial charge in [0, 0.05) is 5.69 Å². The summed E-state index contributed by atoms with van der Waals surface area (Å²) in [7, 11) is 0. The maximum atomic E-state index is 13.5. The highest BCUT2D eigenvalue weighted by atomic mass is 19.1. The second-order valence-corrected chi connectivity index (χ2v) is 7.70. The molecule has 6 nitrogen and oxygen atoms in total. The van der Waals surface area contributed by atoms with E-state index in [4.69, 9.17) is 0 Å². The lowest BCUT2D eigenvalue weighted by molar-refractivity contribution is -0.134. The van der Waals surface area contributed by atoms with Crippen molar-refractivity contribution in [2.45, 2.75) is 32.7 Å². The Morgan fingerprint density at radius 1 is 1.17 bits per heavy atom. The summed E-state index contributed by atoms with van der Waals surface area (Å²) >= 11 is 0. The lowest BCUT2D eigenvalue weighted by Gasteiger charge is -2.29. The molecule has 4 amide bonds. The Balaban J connectivity index is 1.83. The number of hydrogen-bond acceptors (Lipinski definition) is 3. The molecule has 1 heterocycles. The summed E-state index contributed by atoms with van der Waals surface area (Å²) in [6.07, 6.45) is 0.405. The van der Waals surface area contributed by atoms with Crippen LogP contribution in [0.2, 0.25) is 0 Å². The smallest absolute Gasteiger partial charge is 0.324 e. The van der Waals surface area contributed by atoms with Gasteiger partial charge in [0.25, 0.3) is 5.91 Å². The Bertz CT molecular complexity index is 946. The van der Waals surface area contributed by atoms with Crippen LogP contribution in [-0.2, 0) is 15.1 Å². The standard InChI is InChI=1S/C22H24FN3O3/c1-14(2)12-22(16-7-5-4-6-8-16)20(28)26(21(29)25-22)13-19(27)24-18-11-17(23)10-9-15(18)3/h4-11,14H,12-13H2,1-3H3,(H,24,27)(H,25,29). The number of benzene rings is 2. The lowest BCUT2D eigenvalue weighted by Crippen LogP contribution is -2.45. The van der Waals surface area contributed by atoms with Crippen LogP contribution in [0, 0.1) is 18.7 Å². The second kappa shape index (κ2) is 8.03. The van der Waals surface area contributed by atoms with Crippen LogP contribution < -0.4 is 10.6 Å². The van der Waals surface area contributed by atoms with Crippen molar-refractivity contribution in [3.8, 4) is 0 Å². The zero-order valence-corrected chi connectivity index (χ0v) is 16.7. The fourth-order valence-electron chi connectivity index (χ4n) is 3.62. The number of carbonyl (C=O) groups is 3. The SMILES string of the molecule is Cc1ccc(F)cc1NC(=O)CN1C(=O)NC(CC(C)C)(c2ccccc2)C1=O. The van der Waals surface area contributed by atoms with Crippen molar-refractivity contribution in [1.29, 1.82) is 0 Å². The third-order valence-corrected chi connectivity index (χ3v) is 4.93. The quantitative estimate of drug-likeness (QED) is 0.732. The first kappa shape index (κ1) is 20.5. The van der Waals surface area contributed by atoms with E-state index in [0.29, 0.717) is 23.2 Å². The van der Waals surface area contributed by atoms with Crippen LogP contribution in [0.4, 0.5) is 14.9 Å². The third-order valence-electron chi connectivity index (χ3n) is 4.93. The summed E-state index contributed by atoms with van der Waals surface area (Å²) in [6, 6.07) is 12.4. The Morgan fingerprint density at radius 2 is 1.86 bits per heavy atom. The highest BCUT2D eigenvalue weighted by Gasteiger charge is 2.52. The molecule has 7 heteroatoms. The van der Waals surface area contributed by atoms with Crippen LogP contribution in [0.5, 0.6) is 0 Å². The Hall–Kier alpha value is -3.22. The zero-order valence-electron chi connectivity index (χ0n) is 16.7. The monoisotopic (exact) mass is 397 g/mol. The molecule has 2 aromatic rings. The van der Waals surface area contributed by atoms with E-state index in [1.54, 1.807) is 37.3 Å². The van der Waals surface area contributed by atoms with Gasteiger partial charge in [-0.2, -0.15) is 0 Å². The predicted molar refractivity (Wildman–Crippen MR) is 108 cm³/mol. The van der Waals surface area contributed by atoms with Gasteiger partial charge in [-0.3, -0.25) is 14.5 Å². The molecule has 3 rings (SSSR count). The van der Waals surface area contributed by atoms with Crippen LogP contribution in [0.3, 0.4) is 0 Å². The number of aryl methyl sites for hydroxylation is 1. The van der Waals surface area contributed by atoms with Crippen LogP contribution >= 0.6 is 0 Å². The number of amides is 4. The molecule has 0 aliphatic carbocycles. The molecule has 1 aliphatic rings. The van der Waals surface area contributed by atoms with Crippen LogP contribution in [0.25, 0.3) is 0 Å². The summed E-state index contributed by atoms with van der Waals surface area (Å²) in [5.74, 6) is -1.40. The van der Waals surface area contributed by atoms with Gasteiger partial charge in [-0.15, -0.1) is 0 Å². The molecule has 2 N–H and O–H groups in total. The molecule has 152 valence electrons. The number of rotatable bonds is 6. The van der Waals surface area contributed by atoms with Gasteiger partial charge in [-0.1, -0.05) is 50.2 Å². The van der Waals surface area contributed by atoms with Crippen molar-refractivity contribution in [1.82, 2.24) is 10.2 Å². The van der Waals surface area contributed by atoms with Crippen molar-refractivity contribution >= 4 is 23.5 Å². The topological polar surface area (TPSA) is 78.5 Å². The van der Waals surface area contributed by atoms with E-state index in [-0.39, 0.29) is 5.92 Å². The van der Waals surface area contributed by atoms with E-state index in [2.05, 4.69) is 10.6 Å². The molecular weight excluding hydrogens is 373 g/mol. The number of nitrogens with zero attached hydrogens (tertiary/aromatic N) is 1. The third kappa shape index (κ3) is 4.13. The minimum absolute atomic E-state index is 0.128. The maximum absolute atomic E-state index is 13.5. The van der Waals surface area contributed by atoms with E-state index >= 15 is 0 Å². The molecule has 1 saturated heterocycles. The van der Waals surface area contributed by atoms with Crippen LogP contribution in [0.15, 0.2) is 48.5 Å². The molecule has 1 aliphatic heterocycles. The van der Waals surface area contributed by atoms with Crippen molar-refractivity contribution in [2.75, 3.05) is 11.9 Å². The molecule has 0 spiro atoms. The first-order chi connectivity index (χ1) is 13.7. The molecule has 1 atom stereocenters. The van der Waals surface area contributed by atoms with Gasteiger partial charge in [-0.25, -0.2) is 9.18 Å². The second-order valence-electron chi connectivity index (χ2n) is 7.70. The largest absolute Gasteiger partial charge is 0.325 e. The minimum Gasteiger partial charge on any atom is -0.324 e. The molecule has 0 radical (unpaired) electrons. The fourth-order valence-corrected chi connectivity index (χ4v) is 3.62. The van der Waals surface area contributed by atoms with Crippen molar-refractivity contribution < 1.29 is 18.8 Å². The Labute approximate surface area is 169 Å². The first-order valence-electron chi connectivity index (χ1n) is 9.48. The van der Waals surface area contributed by atoms with Gasteiger partial charge in [0.05, 0.1) is 0 Å². The number of nitrogens with one attached hydrogen (secondary N) is 2. The van der Waals surface area contributed by atoms with Crippen molar-refractivity contribution in [3.05, 3.63) is 65.5 Å². The number of imide groups is 1. The first-order valence-corrected chi connectivity index (χ1v) is 9.48. The molecular formula is C22H24FN3O3. The fraction of sp³-hybridized carbons (Fsp3) is 0.318. The van der Waals surface area contributed by atoms with Crippen molar-refractivity contribution in [3.63, 3.8) is 0 Å². The lowest BCUT2D eigenvalue weighted by atomic mass is 9.82. The molecule has 29 heavy (non-hydrogen) atoms. The van der Waals surface area contributed by atoms with Gasteiger partial charge in [0.1, 0.15) is 17.9 Å². The molecule has 1 fully saturated rings. The van der Waals surface area contributed by atoms with Crippen molar-refractivity contribution in [2.24, 2.45) is 5.92 Å². The number of halogens is 1. The van der Waals surface area contributed by atoms with Gasteiger partial charge < -0.3 is 10.6 Å². The predicted octanol–water partition coefficient (Wildman–Crippen LogP) is 3.57. The minimum atomic E-state index is -1.21. The summed E-state index contributed by atoms with van der Waals surface area (Å²) in [4.78, 5) is 39.3. The van der Waals surface area contributed by atoms with E-state index in [0.717, 1.165) is 4.90 Å². The zero-order chi connectivity index (χ0) is 21.2. The van der Waals surface area contributed by atoms with Gasteiger partial charge in [0.2, 0.25) is 5.91 Å². The van der Waals surface area contributed by atoms with E-state index < -0.39 is 35.7 Å². The summed E-state index contributed by atoms with van der Waals surface area (Å²) in [5.41, 5.74) is 0.451. The van der Waals surface area contributed by atoms with Gasteiger partial charge in [0.15, 0.2) is 0 Å². The van der Waals surface area contributed by atoms with Gasteiger partial charge in [-0.05, 0) is 42.5 Å². The average Bonchev–Trinajstić information content (AvgIpc) is 2.90. The maximum Gasteiger partial charge on any atom is 0.325 e. The number of carbonyl (C=O) groups excluding carboxylic acids is 3. The highest BCUT2D eigenvalue weighted by Crippen LogP contribution is 2.35. The normalized spacial score (nSPS) is 18.9. The molecule has 0 saturated carbocycles. The molecule has 0 bridgehead atoms. The van der Waals surface area contributed by atoms with E-state index in [1.807, 2.05) is 19.9 Å². The Morgan fingerprint density at radius 3 is 2.52 bits per heavy atom. The highest BCUT2D eigenvalue weighted by molar-refractivity contribution is 6.10. The molecule has 0 aromatic heterocycles. The van der Waals surface area contributed by atoms with E-state index in [1.165, 1.54) is 12.1 Å². The number of anilines is 1. The summed E-state index contributed by atoms with van der Waals surface area (Å²) in [5, 5.41) is 5.38. The average molecular weight is 397 g/mol. The number of urea groups is 1. The summed E-state index contributed by atoms with van der Waals surface area (Å²) < 4.78 is 13.5. The van der Waals surface area contributed by atoms with Crippen LogP contribution in [0.1, 0.15) is 31.4 Å².